The van der Waals surface area contributed by atoms with Crippen LogP contribution in [0.15, 0.2) is 42.5 Å². The number of ether oxygens (including phenoxy) is 2. The number of carbonyl (C=O) groups excluding carboxylic acids is 1. The minimum absolute atomic E-state index is 0.350. The predicted octanol–water partition coefficient (Wildman–Crippen LogP) is 4.60. The van der Waals surface area contributed by atoms with Gasteiger partial charge in [0.1, 0.15) is 5.75 Å². The van der Waals surface area contributed by atoms with Crippen LogP contribution < -0.4 is 9.64 Å². The zero-order valence-corrected chi connectivity index (χ0v) is 19.3. The summed E-state index contributed by atoms with van der Waals surface area (Å²) in [5, 5.41) is 1.83. The van der Waals surface area contributed by atoms with Crippen molar-refractivity contribution in [3.8, 4) is 5.75 Å². The summed E-state index contributed by atoms with van der Waals surface area (Å²) in [7, 11) is 0. The molecule has 164 valence electrons. The fourth-order valence-corrected chi connectivity index (χ4v) is 4.99. The molecule has 1 aromatic heterocycles. The molecule has 3 aromatic rings. The van der Waals surface area contributed by atoms with E-state index in [-0.39, 0.29) is 5.97 Å². The number of carbonyl (C=O) groups is 1. The van der Waals surface area contributed by atoms with Crippen molar-refractivity contribution in [1.82, 2.24) is 9.88 Å². The van der Waals surface area contributed by atoms with Crippen molar-refractivity contribution >= 4 is 44.3 Å². The largest absolute Gasteiger partial charge is 0.455 e. The topological polar surface area (TPSA) is 54.9 Å². The van der Waals surface area contributed by atoms with Gasteiger partial charge in [0.2, 0.25) is 6.29 Å². The lowest BCUT2D eigenvalue weighted by molar-refractivity contribution is -0.158. The van der Waals surface area contributed by atoms with Crippen LogP contribution in [-0.4, -0.2) is 54.9 Å². The maximum Gasteiger partial charge on any atom is 0.305 e. The van der Waals surface area contributed by atoms with Crippen LogP contribution in [0.1, 0.15) is 19.4 Å². The molecule has 1 unspecified atom stereocenters. The minimum atomic E-state index is -0.598. The first-order valence-corrected chi connectivity index (χ1v) is 11.6. The van der Waals surface area contributed by atoms with E-state index in [1.54, 1.807) is 18.3 Å². The van der Waals surface area contributed by atoms with Crippen LogP contribution in [0.5, 0.6) is 5.75 Å². The van der Waals surface area contributed by atoms with Gasteiger partial charge in [-0.3, -0.25) is 9.69 Å². The van der Waals surface area contributed by atoms with Gasteiger partial charge < -0.3 is 14.4 Å². The molecule has 0 aliphatic carbocycles. The van der Waals surface area contributed by atoms with Crippen molar-refractivity contribution in [2.75, 3.05) is 37.6 Å². The van der Waals surface area contributed by atoms with Gasteiger partial charge >= 0.3 is 5.97 Å². The summed E-state index contributed by atoms with van der Waals surface area (Å²) in [5.74, 6) is 0.365. The molecule has 4 rings (SSSR count). The van der Waals surface area contributed by atoms with Crippen LogP contribution in [0.4, 0.5) is 5.13 Å². The van der Waals surface area contributed by atoms with Crippen molar-refractivity contribution in [2.24, 2.45) is 0 Å². The monoisotopic (exact) mass is 459 g/mol. The second-order valence-electron chi connectivity index (χ2n) is 7.63. The molecule has 0 saturated carbocycles. The van der Waals surface area contributed by atoms with E-state index >= 15 is 0 Å². The molecule has 0 bridgehead atoms. The Morgan fingerprint density at radius 2 is 2.00 bits per heavy atom. The molecule has 31 heavy (non-hydrogen) atoms. The summed E-state index contributed by atoms with van der Waals surface area (Å²) >= 11 is 7.81. The number of fused-ring (bicyclic) bond motifs is 1. The second-order valence-corrected chi connectivity index (χ2v) is 9.08. The molecule has 2 aromatic carbocycles. The molecule has 6 nitrogen and oxygen atoms in total. The Bertz CT molecular complexity index is 1050. The average molecular weight is 460 g/mol. The molecule has 0 amide bonds. The van der Waals surface area contributed by atoms with Gasteiger partial charge in [0.05, 0.1) is 10.2 Å². The van der Waals surface area contributed by atoms with Crippen LogP contribution in [0.3, 0.4) is 0 Å². The molecule has 1 aliphatic heterocycles. The van der Waals surface area contributed by atoms with Crippen molar-refractivity contribution in [3.05, 3.63) is 53.1 Å². The molecule has 0 radical (unpaired) electrons. The van der Waals surface area contributed by atoms with Crippen molar-refractivity contribution in [3.63, 3.8) is 0 Å². The Hall–Kier alpha value is -2.35. The quantitative estimate of drug-likeness (QED) is 0.380. The van der Waals surface area contributed by atoms with E-state index in [4.69, 9.17) is 26.1 Å². The average Bonchev–Trinajstić information content (AvgIpc) is 3.15. The Balaban J connectivity index is 1.27. The van der Waals surface area contributed by atoms with Crippen LogP contribution in [0.25, 0.3) is 10.2 Å². The van der Waals surface area contributed by atoms with Gasteiger partial charge in [-0.1, -0.05) is 35.1 Å². The number of piperazine rings is 1. The zero-order valence-electron chi connectivity index (χ0n) is 17.7. The molecular formula is C23H26ClN3O3S. The Labute approximate surface area is 191 Å². The molecule has 8 heteroatoms. The smallest absolute Gasteiger partial charge is 0.305 e. The van der Waals surface area contributed by atoms with E-state index in [9.17, 15) is 4.79 Å². The molecule has 1 saturated heterocycles. The first-order chi connectivity index (χ1) is 15.0. The minimum Gasteiger partial charge on any atom is -0.455 e. The van der Waals surface area contributed by atoms with Crippen LogP contribution in [0, 0.1) is 0 Å². The highest BCUT2D eigenvalue weighted by Gasteiger charge is 2.20. The predicted molar refractivity (Wildman–Crippen MR) is 125 cm³/mol. The Morgan fingerprint density at radius 3 is 2.77 bits per heavy atom. The van der Waals surface area contributed by atoms with Crippen LogP contribution in [-0.2, 0) is 16.0 Å². The fourth-order valence-electron chi connectivity index (χ4n) is 3.70. The highest BCUT2D eigenvalue weighted by atomic mass is 35.5. The van der Waals surface area contributed by atoms with Crippen molar-refractivity contribution < 1.29 is 14.3 Å². The molecule has 1 atom stereocenters. The third kappa shape index (κ3) is 5.87. The first-order valence-electron chi connectivity index (χ1n) is 10.4. The van der Waals surface area contributed by atoms with Gasteiger partial charge in [-0.15, -0.1) is 0 Å². The van der Waals surface area contributed by atoms with Gasteiger partial charge in [0.15, 0.2) is 5.13 Å². The lowest BCUT2D eigenvalue weighted by Crippen LogP contribution is -2.46. The normalized spacial score (nSPS) is 15.8. The highest BCUT2D eigenvalue weighted by Crippen LogP contribution is 2.31. The highest BCUT2D eigenvalue weighted by molar-refractivity contribution is 7.22. The number of hydrogen-bond acceptors (Lipinski definition) is 7. The van der Waals surface area contributed by atoms with E-state index in [1.165, 1.54) is 12.5 Å². The number of esters is 1. The lowest BCUT2D eigenvalue weighted by atomic mass is 10.1. The van der Waals surface area contributed by atoms with E-state index in [0.29, 0.717) is 5.75 Å². The summed E-state index contributed by atoms with van der Waals surface area (Å²) < 4.78 is 11.8. The summed E-state index contributed by atoms with van der Waals surface area (Å²) in [6, 6.07) is 13.8. The SMILES string of the molecule is CC(=O)OC(C)Oc1cccc(CCN2CCN(c3nc4ccc(Cl)cc4s3)CC2)c1. The Morgan fingerprint density at radius 1 is 1.19 bits per heavy atom. The van der Waals surface area contributed by atoms with Gasteiger partial charge in [-0.2, -0.15) is 0 Å². The number of anilines is 1. The molecule has 1 fully saturated rings. The lowest BCUT2D eigenvalue weighted by Gasteiger charge is -2.34. The Kier molecular flexibility index (Phi) is 6.95. The number of halogens is 1. The third-order valence-corrected chi connectivity index (χ3v) is 6.55. The number of thiazole rings is 1. The van der Waals surface area contributed by atoms with Crippen LogP contribution >= 0.6 is 22.9 Å². The molecular weight excluding hydrogens is 434 g/mol. The fraction of sp³-hybridized carbons (Fsp3) is 0.391. The summed E-state index contributed by atoms with van der Waals surface area (Å²) in [4.78, 5) is 20.7. The summed E-state index contributed by atoms with van der Waals surface area (Å²) in [6.45, 7) is 8.04. The summed E-state index contributed by atoms with van der Waals surface area (Å²) in [5.41, 5.74) is 2.22. The van der Waals surface area contributed by atoms with Gasteiger partial charge in [0.25, 0.3) is 0 Å². The van der Waals surface area contributed by atoms with E-state index in [0.717, 1.165) is 59.5 Å². The standard InChI is InChI=1S/C23H26ClN3O3S/c1-16(28)29-17(2)30-20-5-3-4-18(14-20)8-9-26-10-12-27(13-11-26)23-25-21-7-6-19(24)15-22(21)31-23/h3-7,14-15,17H,8-13H2,1-2H3. The molecule has 1 aliphatic rings. The summed E-state index contributed by atoms with van der Waals surface area (Å²) in [6.07, 6.45) is 0.345. The molecule has 2 heterocycles. The molecule has 0 N–H and O–H groups in total. The number of aromatic nitrogens is 1. The second kappa shape index (κ2) is 9.85. The van der Waals surface area contributed by atoms with Gasteiger partial charge in [-0.05, 0) is 42.3 Å². The van der Waals surface area contributed by atoms with Crippen LogP contribution in [0.2, 0.25) is 5.02 Å². The van der Waals surface area contributed by atoms with E-state index < -0.39 is 6.29 Å². The molecule has 0 spiro atoms. The number of rotatable bonds is 7. The van der Waals surface area contributed by atoms with Crippen molar-refractivity contribution in [2.45, 2.75) is 26.6 Å². The maximum absolute atomic E-state index is 11.0. The van der Waals surface area contributed by atoms with E-state index in [1.807, 2.05) is 36.4 Å². The van der Waals surface area contributed by atoms with E-state index in [2.05, 4.69) is 15.9 Å². The number of benzene rings is 2. The first kappa shape index (κ1) is 21.9. The number of nitrogens with zero attached hydrogens (tertiary/aromatic N) is 3. The van der Waals surface area contributed by atoms with Gasteiger partial charge in [-0.25, -0.2) is 4.98 Å². The maximum atomic E-state index is 11.0. The third-order valence-electron chi connectivity index (χ3n) is 5.23. The number of hydrogen-bond donors (Lipinski definition) is 0. The van der Waals surface area contributed by atoms with Crippen molar-refractivity contribution in [1.29, 1.82) is 0 Å². The zero-order chi connectivity index (χ0) is 21.8. The van der Waals surface area contributed by atoms with Gasteiger partial charge in [0, 0.05) is 51.6 Å².